The molecular weight excluding hydrogens is 214 g/mol. The maximum atomic E-state index is 5.06. The minimum absolute atomic E-state index is 0.785. The van der Waals surface area contributed by atoms with E-state index >= 15 is 0 Å². The molecule has 2 heterocycles. The Morgan fingerprint density at radius 2 is 2.24 bits per heavy atom. The first kappa shape index (κ1) is 11.7. The van der Waals surface area contributed by atoms with Crippen LogP contribution in [-0.4, -0.2) is 19.1 Å². The summed E-state index contributed by atoms with van der Waals surface area (Å²) in [4.78, 5) is 6.68. The van der Waals surface area contributed by atoms with Gasteiger partial charge in [-0.05, 0) is 25.2 Å². The fourth-order valence-electron chi connectivity index (χ4n) is 1.70. The first-order valence-corrected chi connectivity index (χ1v) is 5.62. The highest BCUT2D eigenvalue weighted by atomic mass is 16.3. The van der Waals surface area contributed by atoms with Crippen molar-refractivity contribution in [2.45, 2.75) is 13.1 Å². The molecule has 2 aromatic rings. The minimum atomic E-state index is 0.785. The molecule has 17 heavy (non-hydrogen) atoms. The number of rotatable bonds is 5. The van der Waals surface area contributed by atoms with Crippen molar-refractivity contribution in [1.82, 2.24) is 10.3 Å². The van der Waals surface area contributed by atoms with Crippen LogP contribution in [0.2, 0.25) is 0 Å². The Kier molecular flexibility index (Phi) is 3.77. The molecule has 0 aliphatic heterocycles. The molecule has 4 heteroatoms. The summed E-state index contributed by atoms with van der Waals surface area (Å²) in [5, 5.41) is 3.10. The van der Waals surface area contributed by atoms with Crippen molar-refractivity contribution in [3.63, 3.8) is 0 Å². The minimum Gasteiger partial charge on any atom is -0.472 e. The molecule has 2 aromatic heterocycles. The third-order valence-corrected chi connectivity index (χ3v) is 2.54. The molecule has 1 N–H and O–H groups in total. The van der Waals surface area contributed by atoms with Crippen LogP contribution in [0.1, 0.15) is 11.3 Å². The van der Waals surface area contributed by atoms with E-state index in [4.69, 9.17) is 4.42 Å². The van der Waals surface area contributed by atoms with E-state index in [1.165, 1.54) is 0 Å². The summed E-state index contributed by atoms with van der Waals surface area (Å²) in [6.07, 6.45) is 3.45. The summed E-state index contributed by atoms with van der Waals surface area (Å²) in [7, 11) is 3.95. The molecule has 90 valence electrons. The second-order valence-corrected chi connectivity index (χ2v) is 4.01. The molecule has 0 aromatic carbocycles. The summed E-state index contributed by atoms with van der Waals surface area (Å²) in [6.45, 7) is 1.58. The van der Waals surface area contributed by atoms with Gasteiger partial charge < -0.3 is 14.6 Å². The van der Waals surface area contributed by atoms with E-state index in [0.29, 0.717) is 0 Å². The lowest BCUT2D eigenvalue weighted by molar-refractivity contribution is 0.563. The van der Waals surface area contributed by atoms with E-state index in [2.05, 4.69) is 15.2 Å². The zero-order valence-electron chi connectivity index (χ0n) is 10.2. The Hall–Kier alpha value is -1.81. The fraction of sp³-hybridized carbons (Fsp3) is 0.308. The molecule has 0 amide bonds. The van der Waals surface area contributed by atoms with Gasteiger partial charge in [-0.3, -0.25) is 0 Å². The average Bonchev–Trinajstić information content (AvgIpc) is 2.83. The zero-order valence-corrected chi connectivity index (χ0v) is 10.2. The van der Waals surface area contributed by atoms with Crippen molar-refractivity contribution in [1.29, 1.82) is 0 Å². The molecule has 0 fully saturated rings. The van der Waals surface area contributed by atoms with E-state index in [1.54, 1.807) is 12.5 Å². The SMILES string of the molecule is CNCc1cccc(N(C)Cc2ccoc2)n1. The Bertz CT molecular complexity index is 453. The van der Waals surface area contributed by atoms with Crippen LogP contribution >= 0.6 is 0 Å². The average molecular weight is 231 g/mol. The molecule has 0 saturated heterocycles. The predicted molar refractivity (Wildman–Crippen MR) is 67.8 cm³/mol. The first-order valence-electron chi connectivity index (χ1n) is 5.62. The molecule has 4 nitrogen and oxygen atoms in total. The predicted octanol–water partition coefficient (Wildman–Crippen LogP) is 2.03. The molecule has 0 saturated carbocycles. The number of hydrogen-bond acceptors (Lipinski definition) is 4. The number of furan rings is 1. The van der Waals surface area contributed by atoms with Gasteiger partial charge in [0.2, 0.25) is 0 Å². The summed E-state index contributed by atoms with van der Waals surface area (Å²) in [5.74, 6) is 0.971. The Balaban J connectivity index is 2.07. The molecule has 2 rings (SSSR count). The lowest BCUT2D eigenvalue weighted by Crippen LogP contribution is -2.18. The number of nitrogens with one attached hydrogen (secondary N) is 1. The van der Waals surface area contributed by atoms with E-state index in [1.807, 2.05) is 38.4 Å². The van der Waals surface area contributed by atoms with Gasteiger partial charge in [0.05, 0.1) is 18.2 Å². The van der Waals surface area contributed by atoms with Gasteiger partial charge in [0.1, 0.15) is 5.82 Å². The maximum Gasteiger partial charge on any atom is 0.128 e. The largest absolute Gasteiger partial charge is 0.472 e. The van der Waals surface area contributed by atoms with Gasteiger partial charge in [0, 0.05) is 25.7 Å². The standard InChI is InChI=1S/C13H17N3O/c1-14-8-12-4-3-5-13(15-12)16(2)9-11-6-7-17-10-11/h3-7,10,14H,8-9H2,1-2H3. The van der Waals surface area contributed by atoms with Gasteiger partial charge in [-0.25, -0.2) is 4.98 Å². The van der Waals surface area contributed by atoms with Gasteiger partial charge in [0.15, 0.2) is 0 Å². The number of hydrogen-bond donors (Lipinski definition) is 1. The molecular formula is C13H17N3O. The molecule has 0 radical (unpaired) electrons. The van der Waals surface area contributed by atoms with E-state index < -0.39 is 0 Å². The van der Waals surface area contributed by atoms with Gasteiger partial charge in [-0.2, -0.15) is 0 Å². The third kappa shape index (κ3) is 3.07. The second-order valence-electron chi connectivity index (χ2n) is 4.01. The van der Waals surface area contributed by atoms with Crippen LogP contribution in [0.3, 0.4) is 0 Å². The Morgan fingerprint density at radius 3 is 2.94 bits per heavy atom. The van der Waals surface area contributed by atoms with Crippen LogP contribution in [0.4, 0.5) is 5.82 Å². The Morgan fingerprint density at radius 1 is 1.35 bits per heavy atom. The smallest absolute Gasteiger partial charge is 0.128 e. The van der Waals surface area contributed by atoms with Gasteiger partial charge in [-0.1, -0.05) is 6.07 Å². The summed E-state index contributed by atoms with van der Waals surface area (Å²) in [5.41, 5.74) is 2.19. The molecule has 0 atom stereocenters. The molecule has 0 bridgehead atoms. The molecule has 0 aliphatic rings. The summed E-state index contributed by atoms with van der Waals surface area (Å²) in [6, 6.07) is 8.03. The van der Waals surface area contributed by atoms with Crippen molar-refractivity contribution in [2.75, 3.05) is 19.0 Å². The zero-order chi connectivity index (χ0) is 12.1. The highest BCUT2D eigenvalue weighted by Gasteiger charge is 2.05. The molecule has 0 aliphatic carbocycles. The van der Waals surface area contributed by atoms with Crippen molar-refractivity contribution < 1.29 is 4.42 Å². The molecule has 0 spiro atoms. The quantitative estimate of drug-likeness (QED) is 0.855. The number of anilines is 1. The van der Waals surface area contributed by atoms with Crippen LogP contribution in [0, 0.1) is 0 Å². The van der Waals surface area contributed by atoms with Crippen LogP contribution in [0.15, 0.2) is 41.2 Å². The van der Waals surface area contributed by atoms with E-state index in [9.17, 15) is 0 Å². The van der Waals surface area contributed by atoms with Gasteiger partial charge >= 0.3 is 0 Å². The number of pyridine rings is 1. The van der Waals surface area contributed by atoms with Crippen molar-refractivity contribution in [3.05, 3.63) is 48.0 Å². The monoisotopic (exact) mass is 231 g/mol. The number of aromatic nitrogens is 1. The third-order valence-electron chi connectivity index (χ3n) is 2.54. The van der Waals surface area contributed by atoms with Crippen LogP contribution in [0.5, 0.6) is 0 Å². The van der Waals surface area contributed by atoms with E-state index in [-0.39, 0.29) is 0 Å². The molecule has 0 unspecified atom stereocenters. The van der Waals surface area contributed by atoms with Crippen LogP contribution in [0.25, 0.3) is 0 Å². The van der Waals surface area contributed by atoms with Crippen molar-refractivity contribution >= 4 is 5.82 Å². The van der Waals surface area contributed by atoms with Crippen molar-refractivity contribution in [2.24, 2.45) is 0 Å². The first-order chi connectivity index (χ1) is 8.29. The van der Waals surface area contributed by atoms with Crippen molar-refractivity contribution in [3.8, 4) is 0 Å². The van der Waals surface area contributed by atoms with Gasteiger partial charge in [0.25, 0.3) is 0 Å². The lowest BCUT2D eigenvalue weighted by Gasteiger charge is -2.17. The van der Waals surface area contributed by atoms with Crippen LogP contribution < -0.4 is 10.2 Å². The maximum absolute atomic E-state index is 5.06. The topological polar surface area (TPSA) is 41.3 Å². The normalized spacial score (nSPS) is 10.5. The van der Waals surface area contributed by atoms with Gasteiger partial charge in [-0.15, -0.1) is 0 Å². The number of nitrogens with zero attached hydrogens (tertiary/aromatic N) is 2. The fourth-order valence-corrected chi connectivity index (χ4v) is 1.70. The summed E-state index contributed by atoms with van der Waals surface area (Å²) >= 11 is 0. The lowest BCUT2D eigenvalue weighted by atomic mass is 10.3. The van der Waals surface area contributed by atoms with E-state index in [0.717, 1.165) is 30.2 Å². The second kappa shape index (κ2) is 5.50. The highest BCUT2D eigenvalue weighted by molar-refractivity contribution is 5.39. The van der Waals surface area contributed by atoms with Crippen LogP contribution in [-0.2, 0) is 13.1 Å². The Labute approximate surface area is 101 Å². The highest BCUT2D eigenvalue weighted by Crippen LogP contribution is 2.13. The summed E-state index contributed by atoms with van der Waals surface area (Å²) < 4.78 is 5.06.